The van der Waals surface area contributed by atoms with Crippen molar-refractivity contribution in [3.8, 4) is 23.1 Å². The molecule has 3 rings (SSSR count). The van der Waals surface area contributed by atoms with Gasteiger partial charge >= 0.3 is 5.97 Å². The first kappa shape index (κ1) is 23.8. The first-order chi connectivity index (χ1) is 15.4. The predicted molar refractivity (Wildman–Crippen MR) is 126 cm³/mol. The van der Waals surface area contributed by atoms with Gasteiger partial charge in [-0.15, -0.1) is 11.8 Å². The fourth-order valence-electron chi connectivity index (χ4n) is 2.79. The van der Waals surface area contributed by atoms with Crippen molar-refractivity contribution >= 4 is 29.3 Å². The zero-order chi connectivity index (χ0) is 22.9. The number of pyridine rings is 1. The molecule has 0 aliphatic heterocycles. The summed E-state index contributed by atoms with van der Waals surface area (Å²) in [5, 5.41) is 9.28. The third kappa shape index (κ3) is 7.35. The van der Waals surface area contributed by atoms with Gasteiger partial charge in [-0.05, 0) is 49.7 Å². The third-order valence-electron chi connectivity index (χ3n) is 4.36. The molecule has 0 fully saturated rings. The maximum absolute atomic E-state index is 10.7. The van der Waals surface area contributed by atoms with Gasteiger partial charge < -0.3 is 19.3 Å². The number of halogens is 1. The molecule has 3 aromatic rings. The molecule has 0 saturated carbocycles. The number of nitrogens with zero attached hydrogens (tertiary/aromatic N) is 1. The van der Waals surface area contributed by atoms with Crippen LogP contribution in [0.2, 0.25) is 5.02 Å². The van der Waals surface area contributed by atoms with Crippen LogP contribution < -0.4 is 14.2 Å². The lowest BCUT2D eigenvalue weighted by atomic mass is 10.2. The van der Waals surface area contributed by atoms with Crippen molar-refractivity contribution in [3.05, 3.63) is 71.4 Å². The molecular formula is C24H24ClNO5S. The average Bonchev–Trinajstić information content (AvgIpc) is 2.76. The van der Waals surface area contributed by atoms with Gasteiger partial charge in [0.25, 0.3) is 5.88 Å². The van der Waals surface area contributed by atoms with E-state index < -0.39 is 5.97 Å². The highest BCUT2D eigenvalue weighted by atomic mass is 35.5. The predicted octanol–water partition coefficient (Wildman–Crippen LogP) is 6.25. The average molecular weight is 474 g/mol. The SMILES string of the molecule is Cc1cc(OCC[C@H](C)Oc2ncc(Cl)cc2Oc2ccccc2)ccc1SCC(=O)O. The van der Waals surface area contributed by atoms with E-state index >= 15 is 0 Å². The van der Waals surface area contributed by atoms with E-state index in [9.17, 15) is 4.79 Å². The Morgan fingerprint density at radius 1 is 1.16 bits per heavy atom. The number of carboxylic acid groups (broad SMARTS) is 1. The molecule has 168 valence electrons. The van der Waals surface area contributed by atoms with E-state index in [2.05, 4.69) is 4.98 Å². The minimum atomic E-state index is -0.837. The van der Waals surface area contributed by atoms with Crippen molar-refractivity contribution < 1.29 is 24.1 Å². The number of carboxylic acids is 1. The van der Waals surface area contributed by atoms with E-state index in [1.807, 2.05) is 62.4 Å². The number of ether oxygens (including phenoxy) is 3. The number of aromatic nitrogens is 1. The molecule has 6 nitrogen and oxygen atoms in total. The Kier molecular flexibility index (Phi) is 8.64. The Morgan fingerprint density at radius 3 is 2.66 bits per heavy atom. The Balaban J connectivity index is 1.53. The molecule has 0 bridgehead atoms. The van der Waals surface area contributed by atoms with E-state index in [0.29, 0.717) is 35.4 Å². The topological polar surface area (TPSA) is 77.9 Å². The van der Waals surface area contributed by atoms with Crippen molar-refractivity contribution in [1.82, 2.24) is 4.98 Å². The van der Waals surface area contributed by atoms with E-state index in [1.165, 1.54) is 18.0 Å². The Morgan fingerprint density at radius 2 is 1.94 bits per heavy atom. The number of hydrogen-bond acceptors (Lipinski definition) is 6. The molecular weight excluding hydrogens is 450 g/mol. The van der Waals surface area contributed by atoms with E-state index in [1.54, 1.807) is 6.07 Å². The normalized spacial score (nSPS) is 11.6. The minimum absolute atomic E-state index is 0.0323. The van der Waals surface area contributed by atoms with Crippen LogP contribution in [-0.2, 0) is 4.79 Å². The molecule has 0 aliphatic rings. The molecule has 1 N–H and O–H groups in total. The van der Waals surface area contributed by atoms with E-state index in [-0.39, 0.29) is 11.9 Å². The highest BCUT2D eigenvalue weighted by molar-refractivity contribution is 8.00. The number of carbonyl (C=O) groups is 1. The Labute approximate surface area is 196 Å². The molecule has 0 unspecified atom stereocenters. The summed E-state index contributed by atoms with van der Waals surface area (Å²) in [7, 11) is 0. The van der Waals surface area contributed by atoms with Crippen LogP contribution in [0.3, 0.4) is 0 Å². The monoisotopic (exact) mass is 473 g/mol. The van der Waals surface area contributed by atoms with Crippen LogP contribution in [-0.4, -0.2) is 34.5 Å². The molecule has 2 aromatic carbocycles. The minimum Gasteiger partial charge on any atom is -0.493 e. The highest BCUT2D eigenvalue weighted by Gasteiger charge is 2.14. The van der Waals surface area contributed by atoms with E-state index in [0.717, 1.165) is 16.2 Å². The summed E-state index contributed by atoms with van der Waals surface area (Å²) >= 11 is 7.37. The second-order valence-electron chi connectivity index (χ2n) is 7.05. The van der Waals surface area contributed by atoms with Gasteiger partial charge in [-0.3, -0.25) is 4.79 Å². The van der Waals surface area contributed by atoms with Gasteiger partial charge in [0.05, 0.1) is 17.4 Å². The summed E-state index contributed by atoms with van der Waals surface area (Å²) in [6.45, 7) is 4.32. The van der Waals surface area contributed by atoms with Gasteiger partial charge in [0, 0.05) is 23.6 Å². The van der Waals surface area contributed by atoms with Gasteiger partial charge in [-0.25, -0.2) is 4.98 Å². The van der Waals surface area contributed by atoms with Crippen molar-refractivity contribution in [2.45, 2.75) is 31.3 Å². The van der Waals surface area contributed by atoms with Crippen molar-refractivity contribution in [3.63, 3.8) is 0 Å². The standard InChI is InChI=1S/C24H24ClNO5S/c1-16-12-20(8-9-22(16)32-15-23(27)28)29-11-10-17(2)30-24-21(13-18(25)14-26-24)31-19-6-4-3-5-7-19/h3-9,12-14,17H,10-11,15H2,1-2H3,(H,27,28)/t17-/m0/s1. The lowest BCUT2D eigenvalue weighted by Gasteiger charge is -2.17. The summed E-state index contributed by atoms with van der Waals surface area (Å²) < 4.78 is 17.7. The number of aliphatic carboxylic acids is 1. The van der Waals surface area contributed by atoms with Crippen LogP contribution in [0.5, 0.6) is 23.1 Å². The van der Waals surface area contributed by atoms with Crippen LogP contribution in [0.1, 0.15) is 18.9 Å². The third-order valence-corrected chi connectivity index (χ3v) is 5.73. The number of hydrogen-bond donors (Lipinski definition) is 1. The summed E-state index contributed by atoms with van der Waals surface area (Å²) in [4.78, 5) is 15.9. The summed E-state index contributed by atoms with van der Waals surface area (Å²) in [6, 6.07) is 16.7. The van der Waals surface area contributed by atoms with Crippen LogP contribution >= 0.6 is 23.4 Å². The summed E-state index contributed by atoms with van der Waals surface area (Å²) in [5.41, 5.74) is 0.978. The number of benzene rings is 2. The number of rotatable bonds is 11. The van der Waals surface area contributed by atoms with Gasteiger partial charge in [-0.1, -0.05) is 29.8 Å². The van der Waals surface area contributed by atoms with Crippen LogP contribution in [0.4, 0.5) is 0 Å². The molecule has 0 radical (unpaired) electrons. The van der Waals surface area contributed by atoms with Crippen molar-refractivity contribution in [1.29, 1.82) is 0 Å². The lowest BCUT2D eigenvalue weighted by Crippen LogP contribution is -2.17. The van der Waals surface area contributed by atoms with Gasteiger partial charge in [0.1, 0.15) is 17.6 Å². The molecule has 32 heavy (non-hydrogen) atoms. The van der Waals surface area contributed by atoms with Crippen molar-refractivity contribution in [2.75, 3.05) is 12.4 Å². The maximum Gasteiger partial charge on any atom is 0.313 e. The Hall–Kier alpha value is -2.90. The Bertz CT molecular complexity index is 1050. The quantitative estimate of drug-likeness (QED) is 0.330. The highest BCUT2D eigenvalue weighted by Crippen LogP contribution is 2.33. The zero-order valence-corrected chi connectivity index (χ0v) is 19.4. The van der Waals surface area contributed by atoms with Crippen molar-refractivity contribution in [2.24, 2.45) is 0 Å². The molecule has 1 heterocycles. The second kappa shape index (κ2) is 11.6. The summed E-state index contributed by atoms with van der Waals surface area (Å²) in [6.07, 6.45) is 1.97. The molecule has 0 saturated heterocycles. The number of para-hydroxylation sites is 1. The molecule has 8 heteroatoms. The zero-order valence-electron chi connectivity index (χ0n) is 17.8. The first-order valence-corrected chi connectivity index (χ1v) is 11.4. The van der Waals surface area contributed by atoms with Crippen LogP contribution in [0.25, 0.3) is 0 Å². The first-order valence-electron chi connectivity index (χ1n) is 10.0. The van der Waals surface area contributed by atoms with E-state index in [4.69, 9.17) is 30.9 Å². The molecule has 0 amide bonds. The number of aryl methyl sites for hydroxylation is 1. The van der Waals surface area contributed by atoms with Gasteiger partial charge in [0.15, 0.2) is 5.75 Å². The molecule has 1 aromatic heterocycles. The second-order valence-corrected chi connectivity index (χ2v) is 8.50. The van der Waals surface area contributed by atoms with Gasteiger partial charge in [0.2, 0.25) is 0 Å². The fraction of sp³-hybridized carbons (Fsp3) is 0.250. The largest absolute Gasteiger partial charge is 0.493 e. The smallest absolute Gasteiger partial charge is 0.313 e. The number of thioether (sulfide) groups is 1. The van der Waals surface area contributed by atoms with Crippen LogP contribution in [0, 0.1) is 6.92 Å². The molecule has 1 atom stereocenters. The maximum atomic E-state index is 10.7. The molecule has 0 spiro atoms. The van der Waals surface area contributed by atoms with Crippen LogP contribution in [0.15, 0.2) is 65.7 Å². The fourth-order valence-corrected chi connectivity index (χ4v) is 3.67. The molecule has 0 aliphatic carbocycles. The van der Waals surface area contributed by atoms with Gasteiger partial charge in [-0.2, -0.15) is 0 Å². The summed E-state index contributed by atoms with van der Waals surface area (Å²) in [5.74, 6) is 1.40. The lowest BCUT2D eigenvalue weighted by molar-refractivity contribution is -0.133.